The number of rotatable bonds is 3. The van der Waals surface area contributed by atoms with Gasteiger partial charge in [-0.1, -0.05) is 15.9 Å². The molecule has 50 valence electrons. The van der Waals surface area contributed by atoms with Gasteiger partial charge in [-0.25, -0.2) is 0 Å². The Morgan fingerprint density at radius 2 is 2.00 bits per heavy atom. The minimum absolute atomic E-state index is 0.0780. The molecule has 0 rings (SSSR count). The highest BCUT2D eigenvalue weighted by Crippen LogP contribution is 2.13. The molecule has 2 unspecified atom stereocenters. The molecule has 0 amide bonds. The fraction of sp³-hybridized carbons (Fsp3) is 1.00. The summed E-state index contributed by atoms with van der Waals surface area (Å²) in [5, 5.41) is 1.11. The van der Waals surface area contributed by atoms with E-state index in [0.29, 0.717) is 0 Å². The van der Waals surface area contributed by atoms with Gasteiger partial charge in [0.05, 0.1) is 5.38 Å². The van der Waals surface area contributed by atoms with E-state index in [9.17, 15) is 0 Å². The van der Waals surface area contributed by atoms with E-state index in [-0.39, 0.29) is 10.8 Å². The standard InChI is InChI=1S/C5H9BrCl2/c1-4(7)5(8)2-3-6/h4-5H,2-3H2,1H3. The fourth-order valence-corrected chi connectivity index (χ4v) is 1.33. The van der Waals surface area contributed by atoms with Gasteiger partial charge in [0.2, 0.25) is 0 Å². The third kappa shape index (κ3) is 3.99. The quantitative estimate of drug-likeness (QED) is 0.641. The molecule has 0 aliphatic carbocycles. The van der Waals surface area contributed by atoms with Crippen molar-refractivity contribution >= 4 is 39.1 Å². The predicted molar refractivity (Wildman–Crippen MR) is 43.4 cm³/mol. The first kappa shape index (κ1) is 9.06. The SMILES string of the molecule is CC(Cl)C(Cl)CCBr. The molecule has 0 saturated heterocycles. The van der Waals surface area contributed by atoms with Crippen molar-refractivity contribution < 1.29 is 0 Å². The van der Waals surface area contributed by atoms with Crippen molar-refractivity contribution in [2.75, 3.05) is 5.33 Å². The summed E-state index contributed by atoms with van der Waals surface area (Å²) >= 11 is 14.7. The van der Waals surface area contributed by atoms with Gasteiger partial charge in [-0.15, -0.1) is 23.2 Å². The van der Waals surface area contributed by atoms with E-state index in [2.05, 4.69) is 15.9 Å². The second kappa shape index (κ2) is 4.89. The zero-order valence-corrected chi connectivity index (χ0v) is 7.80. The third-order valence-corrected chi connectivity index (χ3v) is 2.37. The van der Waals surface area contributed by atoms with Crippen LogP contribution in [0.25, 0.3) is 0 Å². The Hall–Kier alpha value is 1.06. The lowest BCUT2D eigenvalue weighted by molar-refractivity contribution is 0.800. The van der Waals surface area contributed by atoms with Crippen molar-refractivity contribution in [1.82, 2.24) is 0 Å². The van der Waals surface area contributed by atoms with Gasteiger partial charge in [-0.2, -0.15) is 0 Å². The van der Waals surface area contributed by atoms with E-state index >= 15 is 0 Å². The van der Waals surface area contributed by atoms with Crippen LogP contribution in [0.1, 0.15) is 13.3 Å². The monoisotopic (exact) mass is 218 g/mol. The topological polar surface area (TPSA) is 0 Å². The lowest BCUT2D eigenvalue weighted by Gasteiger charge is -2.07. The van der Waals surface area contributed by atoms with Gasteiger partial charge in [-0.3, -0.25) is 0 Å². The molecule has 0 aromatic heterocycles. The number of hydrogen-bond donors (Lipinski definition) is 0. The molecule has 0 radical (unpaired) electrons. The minimum Gasteiger partial charge on any atom is -0.122 e. The van der Waals surface area contributed by atoms with Crippen LogP contribution in [0.2, 0.25) is 0 Å². The van der Waals surface area contributed by atoms with Crippen LogP contribution in [0, 0.1) is 0 Å². The highest BCUT2D eigenvalue weighted by atomic mass is 79.9. The van der Waals surface area contributed by atoms with E-state index in [1.54, 1.807) is 0 Å². The molecule has 0 saturated carbocycles. The molecular formula is C5H9BrCl2. The van der Waals surface area contributed by atoms with E-state index < -0.39 is 0 Å². The summed E-state index contributed by atoms with van der Waals surface area (Å²) in [5.41, 5.74) is 0. The molecule has 0 aliphatic heterocycles. The first-order valence-electron chi connectivity index (χ1n) is 2.52. The van der Waals surface area contributed by atoms with E-state index in [4.69, 9.17) is 23.2 Å². The zero-order valence-electron chi connectivity index (χ0n) is 4.70. The summed E-state index contributed by atoms with van der Waals surface area (Å²) in [7, 11) is 0. The van der Waals surface area contributed by atoms with Crippen molar-refractivity contribution in [3.8, 4) is 0 Å². The number of halogens is 3. The van der Waals surface area contributed by atoms with Crippen LogP contribution in [0.4, 0.5) is 0 Å². The summed E-state index contributed by atoms with van der Waals surface area (Å²) in [6.45, 7) is 1.90. The van der Waals surface area contributed by atoms with Crippen molar-refractivity contribution in [3.63, 3.8) is 0 Å². The van der Waals surface area contributed by atoms with Crippen LogP contribution in [0.5, 0.6) is 0 Å². The van der Waals surface area contributed by atoms with Crippen LogP contribution in [0.15, 0.2) is 0 Å². The highest BCUT2D eigenvalue weighted by molar-refractivity contribution is 9.09. The molecule has 0 heterocycles. The highest BCUT2D eigenvalue weighted by Gasteiger charge is 2.08. The Balaban J connectivity index is 3.17. The summed E-state index contributed by atoms with van der Waals surface area (Å²) < 4.78 is 0. The minimum atomic E-state index is 0.0780. The zero-order chi connectivity index (χ0) is 6.57. The lowest BCUT2D eigenvalue weighted by atomic mass is 10.3. The average Bonchev–Trinajstić information content (AvgIpc) is 1.67. The third-order valence-electron chi connectivity index (χ3n) is 0.883. The van der Waals surface area contributed by atoms with E-state index in [1.807, 2.05) is 6.92 Å². The van der Waals surface area contributed by atoms with Gasteiger partial charge in [0.15, 0.2) is 0 Å². The molecule has 8 heavy (non-hydrogen) atoms. The first-order valence-corrected chi connectivity index (χ1v) is 4.52. The van der Waals surface area contributed by atoms with Gasteiger partial charge in [0, 0.05) is 10.7 Å². The molecule has 0 nitrogen and oxygen atoms in total. The second-order valence-electron chi connectivity index (χ2n) is 1.67. The Kier molecular flexibility index (Phi) is 5.54. The number of hydrogen-bond acceptors (Lipinski definition) is 0. The lowest BCUT2D eigenvalue weighted by Crippen LogP contribution is -2.10. The average molecular weight is 220 g/mol. The molecule has 0 N–H and O–H groups in total. The summed E-state index contributed by atoms with van der Waals surface area (Å²) in [5.74, 6) is 0. The summed E-state index contributed by atoms with van der Waals surface area (Å²) in [6.07, 6.45) is 0.937. The van der Waals surface area contributed by atoms with Gasteiger partial charge in [0.25, 0.3) is 0 Å². The van der Waals surface area contributed by atoms with Gasteiger partial charge in [-0.05, 0) is 13.3 Å². The fourth-order valence-electron chi connectivity index (χ4n) is 0.334. The maximum atomic E-state index is 5.75. The molecule has 0 aromatic rings. The summed E-state index contributed by atoms with van der Waals surface area (Å²) in [6, 6.07) is 0. The molecule has 3 heteroatoms. The van der Waals surface area contributed by atoms with Crippen LogP contribution in [-0.4, -0.2) is 16.1 Å². The Morgan fingerprint density at radius 1 is 1.50 bits per heavy atom. The van der Waals surface area contributed by atoms with E-state index in [0.717, 1.165) is 11.8 Å². The van der Waals surface area contributed by atoms with Gasteiger partial charge >= 0.3 is 0 Å². The molecule has 0 bridgehead atoms. The van der Waals surface area contributed by atoms with Gasteiger partial charge in [0.1, 0.15) is 0 Å². The molecule has 0 aliphatic rings. The predicted octanol–water partition coefficient (Wildman–Crippen LogP) is 3.01. The second-order valence-corrected chi connectivity index (χ2v) is 3.71. The van der Waals surface area contributed by atoms with Crippen LogP contribution >= 0.6 is 39.1 Å². The van der Waals surface area contributed by atoms with Crippen molar-refractivity contribution in [2.24, 2.45) is 0 Å². The number of alkyl halides is 3. The summed E-state index contributed by atoms with van der Waals surface area (Å²) in [4.78, 5) is 0. The van der Waals surface area contributed by atoms with E-state index in [1.165, 1.54) is 0 Å². The molecular weight excluding hydrogens is 211 g/mol. The Bertz CT molecular complexity index is 56.4. The maximum Gasteiger partial charge on any atom is 0.0505 e. The van der Waals surface area contributed by atoms with Crippen molar-refractivity contribution in [2.45, 2.75) is 24.1 Å². The molecule has 0 spiro atoms. The largest absolute Gasteiger partial charge is 0.122 e. The van der Waals surface area contributed by atoms with Crippen molar-refractivity contribution in [3.05, 3.63) is 0 Å². The van der Waals surface area contributed by atoms with Crippen molar-refractivity contribution in [1.29, 1.82) is 0 Å². The molecule has 0 aromatic carbocycles. The van der Waals surface area contributed by atoms with Crippen LogP contribution < -0.4 is 0 Å². The normalized spacial score (nSPS) is 18.0. The Morgan fingerprint density at radius 3 is 2.12 bits per heavy atom. The molecule has 0 fully saturated rings. The Labute approximate surface area is 68.7 Å². The molecule has 2 atom stereocenters. The van der Waals surface area contributed by atoms with Crippen LogP contribution in [-0.2, 0) is 0 Å². The smallest absolute Gasteiger partial charge is 0.0505 e. The van der Waals surface area contributed by atoms with Crippen LogP contribution in [0.3, 0.4) is 0 Å². The maximum absolute atomic E-state index is 5.75. The first-order chi connectivity index (χ1) is 3.68. The van der Waals surface area contributed by atoms with Gasteiger partial charge < -0.3 is 0 Å².